The van der Waals surface area contributed by atoms with Crippen LogP contribution in [0.2, 0.25) is 0 Å². The van der Waals surface area contributed by atoms with Gasteiger partial charge in [-0.05, 0) is 29.3 Å². The van der Waals surface area contributed by atoms with Gasteiger partial charge in [-0.2, -0.15) is 0 Å². The summed E-state index contributed by atoms with van der Waals surface area (Å²) in [6.07, 6.45) is 0. The van der Waals surface area contributed by atoms with Crippen molar-refractivity contribution in [2.45, 2.75) is 0 Å². The van der Waals surface area contributed by atoms with Gasteiger partial charge in [0.2, 0.25) is 0 Å². The van der Waals surface area contributed by atoms with Crippen LogP contribution in [0.5, 0.6) is 0 Å². The van der Waals surface area contributed by atoms with Crippen molar-refractivity contribution in [2.75, 3.05) is 0 Å². The van der Waals surface area contributed by atoms with Crippen LogP contribution in [0.25, 0.3) is 45.3 Å². The van der Waals surface area contributed by atoms with Crippen LogP contribution >= 0.6 is 15.9 Å². The number of halogens is 1. The molecule has 0 aliphatic rings. The number of nitrogens with zero attached hydrogens (tertiary/aromatic N) is 3. The van der Waals surface area contributed by atoms with Crippen LogP contribution in [0.3, 0.4) is 0 Å². The molecule has 148 valence electrons. The van der Waals surface area contributed by atoms with E-state index in [4.69, 9.17) is 15.0 Å². The van der Waals surface area contributed by atoms with Gasteiger partial charge in [0.1, 0.15) is 0 Å². The molecule has 0 amide bonds. The second kappa shape index (κ2) is 8.62. The van der Waals surface area contributed by atoms with E-state index < -0.39 is 0 Å². The van der Waals surface area contributed by atoms with Gasteiger partial charge in [-0.1, -0.05) is 107 Å². The van der Waals surface area contributed by atoms with E-state index in [2.05, 4.69) is 40.2 Å². The molecule has 4 heteroatoms. The van der Waals surface area contributed by atoms with Gasteiger partial charge < -0.3 is 0 Å². The lowest BCUT2D eigenvalue weighted by atomic mass is 10.0. The zero-order valence-electron chi connectivity index (χ0n) is 16.6. The first-order valence-electron chi connectivity index (χ1n) is 9.99. The summed E-state index contributed by atoms with van der Waals surface area (Å²) in [5.74, 6) is 1.97. The first-order chi connectivity index (χ1) is 15.3. The molecule has 0 aliphatic carbocycles. The summed E-state index contributed by atoms with van der Waals surface area (Å²) in [5, 5.41) is 0. The van der Waals surface area contributed by atoms with E-state index >= 15 is 0 Å². The summed E-state index contributed by atoms with van der Waals surface area (Å²) in [6.45, 7) is 0. The summed E-state index contributed by atoms with van der Waals surface area (Å²) in [4.78, 5) is 14.4. The van der Waals surface area contributed by atoms with Gasteiger partial charge in [0, 0.05) is 21.2 Å². The van der Waals surface area contributed by atoms with E-state index in [0.29, 0.717) is 17.5 Å². The molecule has 0 radical (unpaired) electrons. The fourth-order valence-electron chi connectivity index (χ4n) is 3.42. The Kier molecular flexibility index (Phi) is 5.38. The highest BCUT2D eigenvalue weighted by molar-refractivity contribution is 9.10. The van der Waals surface area contributed by atoms with E-state index in [0.717, 1.165) is 32.3 Å². The first-order valence-corrected chi connectivity index (χ1v) is 10.8. The van der Waals surface area contributed by atoms with Gasteiger partial charge >= 0.3 is 0 Å². The molecule has 5 aromatic rings. The average molecular weight is 464 g/mol. The van der Waals surface area contributed by atoms with Crippen molar-refractivity contribution in [3.05, 3.63) is 114 Å². The summed E-state index contributed by atoms with van der Waals surface area (Å²) in [5.41, 5.74) is 5.16. The predicted octanol–water partition coefficient (Wildman–Crippen LogP) is 7.30. The van der Waals surface area contributed by atoms with Gasteiger partial charge in [0.25, 0.3) is 0 Å². The van der Waals surface area contributed by atoms with E-state index in [-0.39, 0.29) is 0 Å². The van der Waals surface area contributed by atoms with Crippen LogP contribution in [0.1, 0.15) is 0 Å². The minimum atomic E-state index is 0.654. The molecule has 0 bridgehead atoms. The van der Waals surface area contributed by atoms with Crippen molar-refractivity contribution in [2.24, 2.45) is 0 Å². The lowest BCUT2D eigenvalue weighted by molar-refractivity contribution is 1.07. The third-order valence-corrected chi connectivity index (χ3v) is 5.53. The van der Waals surface area contributed by atoms with Crippen LogP contribution in [-0.4, -0.2) is 15.0 Å². The molecule has 3 nitrogen and oxygen atoms in total. The number of hydrogen-bond donors (Lipinski definition) is 0. The summed E-state index contributed by atoms with van der Waals surface area (Å²) in [7, 11) is 0. The lowest BCUT2D eigenvalue weighted by Crippen LogP contribution is -2.00. The predicted molar refractivity (Wildman–Crippen MR) is 129 cm³/mol. The monoisotopic (exact) mass is 463 g/mol. The van der Waals surface area contributed by atoms with Crippen LogP contribution in [-0.2, 0) is 0 Å². The van der Waals surface area contributed by atoms with Gasteiger partial charge in [-0.3, -0.25) is 0 Å². The summed E-state index contributed by atoms with van der Waals surface area (Å²) >= 11 is 3.50. The molecule has 0 unspecified atom stereocenters. The maximum Gasteiger partial charge on any atom is 0.164 e. The Morgan fingerprint density at radius 2 is 0.839 bits per heavy atom. The van der Waals surface area contributed by atoms with Crippen molar-refractivity contribution in [3.8, 4) is 45.3 Å². The molecule has 1 aromatic heterocycles. The average Bonchev–Trinajstić information content (AvgIpc) is 2.85. The zero-order valence-corrected chi connectivity index (χ0v) is 18.2. The van der Waals surface area contributed by atoms with Gasteiger partial charge in [-0.25, -0.2) is 15.0 Å². The second-order valence-corrected chi connectivity index (χ2v) is 8.04. The van der Waals surface area contributed by atoms with Crippen molar-refractivity contribution < 1.29 is 0 Å². The number of benzene rings is 4. The topological polar surface area (TPSA) is 38.7 Å². The maximum atomic E-state index is 4.83. The molecule has 0 saturated carbocycles. The Labute approximate surface area is 189 Å². The van der Waals surface area contributed by atoms with Crippen LogP contribution < -0.4 is 0 Å². The Bertz CT molecular complexity index is 1320. The van der Waals surface area contributed by atoms with E-state index in [1.165, 1.54) is 0 Å². The van der Waals surface area contributed by atoms with E-state index in [9.17, 15) is 0 Å². The van der Waals surface area contributed by atoms with Crippen LogP contribution in [0.15, 0.2) is 114 Å². The maximum absolute atomic E-state index is 4.83. The summed E-state index contributed by atoms with van der Waals surface area (Å²) in [6, 6.07) is 36.7. The molecular weight excluding hydrogens is 446 g/mol. The Hall–Kier alpha value is -3.63. The Morgan fingerprint density at radius 3 is 1.45 bits per heavy atom. The van der Waals surface area contributed by atoms with Gasteiger partial charge in [-0.15, -0.1) is 0 Å². The molecule has 4 aromatic carbocycles. The smallest absolute Gasteiger partial charge is 0.164 e. The zero-order chi connectivity index (χ0) is 21.0. The minimum absolute atomic E-state index is 0.654. The van der Waals surface area contributed by atoms with Gasteiger partial charge in [0.15, 0.2) is 17.5 Å². The molecule has 1 heterocycles. The molecule has 0 spiro atoms. The molecular formula is C27H18BrN3. The minimum Gasteiger partial charge on any atom is -0.208 e. The fraction of sp³-hybridized carbons (Fsp3) is 0. The first kappa shape index (κ1) is 19.3. The lowest BCUT2D eigenvalue weighted by Gasteiger charge is -2.09. The quantitative estimate of drug-likeness (QED) is 0.280. The number of hydrogen-bond acceptors (Lipinski definition) is 3. The van der Waals surface area contributed by atoms with E-state index in [1.54, 1.807) is 0 Å². The van der Waals surface area contributed by atoms with Crippen molar-refractivity contribution in [3.63, 3.8) is 0 Å². The highest BCUT2D eigenvalue weighted by atomic mass is 79.9. The standard InChI is InChI=1S/C27H18BrN3/c28-24-16-14-21(15-17-24)26-29-25(20-10-5-2-6-11-20)30-27(31-26)23-13-7-12-22(18-23)19-8-3-1-4-9-19/h1-18H. The molecule has 0 atom stereocenters. The SMILES string of the molecule is Brc1ccc(-c2nc(-c3ccccc3)nc(-c3cccc(-c4ccccc4)c3)n2)cc1. The van der Waals surface area contributed by atoms with Crippen molar-refractivity contribution in [1.82, 2.24) is 15.0 Å². The fourth-order valence-corrected chi connectivity index (χ4v) is 3.68. The van der Waals surface area contributed by atoms with E-state index in [1.807, 2.05) is 84.9 Å². The van der Waals surface area contributed by atoms with Gasteiger partial charge in [0.05, 0.1) is 0 Å². The Balaban J connectivity index is 1.66. The third kappa shape index (κ3) is 4.30. The molecule has 31 heavy (non-hydrogen) atoms. The molecule has 0 saturated heterocycles. The molecule has 0 N–H and O–H groups in total. The Morgan fingerprint density at radius 1 is 0.387 bits per heavy atom. The second-order valence-electron chi connectivity index (χ2n) is 7.13. The largest absolute Gasteiger partial charge is 0.208 e. The molecule has 0 aliphatic heterocycles. The highest BCUT2D eigenvalue weighted by Crippen LogP contribution is 2.28. The number of aromatic nitrogens is 3. The van der Waals surface area contributed by atoms with Crippen LogP contribution in [0, 0.1) is 0 Å². The summed E-state index contributed by atoms with van der Waals surface area (Å²) < 4.78 is 1.02. The third-order valence-electron chi connectivity index (χ3n) is 5.00. The molecule has 0 fully saturated rings. The van der Waals surface area contributed by atoms with Crippen molar-refractivity contribution >= 4 is 15.9 Å². The van der Waals surface area contributed by atoms with Crippen molar-refractivity contribution in [1.29, 1.82) is 0 Å². The highest BCUT2D eigenvalue weighted by Gasteiger charge is 2.12. The number of rotatable bonds is 4. The van der Waals surface area contributed by atoms with Crippen LogP contribution in [0.4, 0.5) is 0 Å². The normalized spacial score (nSPS) is 10.7. The molecule has 5 rings (SSSR count).